The number of amides is 1. The van der Waals surface area contributed by atoms with Gasteiger partial charge in [0.05, 0.1) is 12.1 Å². The molecule has 2 rings (SSSR count). The van der Waals surface area contributed by atoms with Crippen LogP contribution in [0.15, 0.2) is 0 Å². The number of nitrogens with zero attached hydrogens (tertiary/aromatic N) is 1. The summed E-state index contributed by atoms with van der Waals surface area (Å²) < 4.78 is 0. The summed E-state index contributed by atoms with van der Waals surface area (Å²) in [4.78, 5) is 26.6. The molecule has 2 aliphatic heterocycles. The second-order valence-corrected chi connectivity index (χ2v) is 6.45. The van der Waals surface area contributed by atoms with Crippen LogP contribution in [0.4, 0.5) is 0 Å². The van der Waals surface area contributed by atoms with Crippen LogP contribution in [0.3, 0.4) is 0 Å². The molecule has 18 heavy (non-hydrogen) atoms. The molecular formula is C14H24N2O2. The van der Waals surface area contributed by atoms with Crippen molar-refractivity contribution in [3.8, 4) is 0 Å². The minimum atomic E-state index is -0.364. The van der Waals surface area contributed by atoms with Gasteiger partial charge in [-0.1, -0.05) is 20.8 Å². The van der Waals surface area contributed by atoms with E-state index >= 15 is 0 Å². The molecule has 0 aromatic carbocycles. The molecule has 102 valence electrons. The molecule has 4 nitrogen and oxygen atoms in total. The molecule has 0 radical (unpaired) electrons. The molecule has 2 heterocycles. The van der Waals surface area contributed by atoms with Crippen molar-refractivity contribution in [1.82, 2.24) is 10.2 Å². The van der Waals surface area contributed by atoms with Crippen LogP contribution in [0.5, 0.6) is 0 Å². The van der Waals surface area contributed by atoms with Crippen LogP contribution in [0, 0.1) is 5.41 Å². The summed E-state index contributed by atoms with van der Waals surface area (Å²) in [5.41, 5.74) is -0.364. The van der Waals surface area contributed by atoms with E-state index in [1.807, 2.05) is 25.7 Å². The highest BCUT2D eigenvalue weighted by molar-refractivity contribution is 5.94. The number of carbonyl (C=O) groups is 2. The highest BCUT2D eigenvalue weighted by Crippen LogP contribution is 2.27. The van der Waals surface area contributed by atoms with Gasteiger partial charge in [0.2, 0.25) is 5.91 Å². The summed E-state index contributed by atoms with van der Waals surface area (Å²) in [6.45, 7) is 7.46. The van der Waals surface area contributed by atoms with Crippen LogP contribution in [-0.2, 0) is 9.59 Å². The first kappa shape index (κ1) is 13.5. The average Bonchev–Trinajstić information content (AvgIpc) is 2.97. The fraction of sp³-hybridized carbons (Fsp3) is 0.857. The lowest BCUT2D eigenvalue weighted by Gasteiger charge is -2.30. The molecular weight excluding hydrogens is 228 g/mol. The first-order chi connectivity index (χ1) is 8.41. The SMILES string of the molecule is CC(C)(C)C(=O)C1CCCN1C(=O)C1CCCN1. The number of hydrogen-bond donors (Lipinski definition) is 1. The van der Waals surface area contributed by atoms with Gasteiger partial charge in [-0.2, -0.15) is 0 Å². The van der Waals surface area contributed by atoms with Gasteiger partial charge in [0.25, 0.3) is 0 Å². The third-order valence-corrected chi connectivity index (χ3v) is 3.94. The molecule has 0 spiro atoms. The Morgan fingerprint density at radius 2 is 1.89 bits per heavy atom. The molecule has 0 bridgehead atoms. The van der Waals surface area contributed by atoms with Gasteiger partial charge in [0, 0.05) is 12.0 Å². The molecule has 0 aromatic rings. The van der Waals surface area contributed by atoms with Crippen LogP contribution >= 0.6 is 0 Å². The number of nitrogens with one attached hydrogen (secondary N) is 1. The molecule has 2 fully saturated rings. The summed E-state index contributed by atoms with van der Waals surface area (Å²) in [7, 11) is 0. The first-order valence-corrected chi connectivity index (χ1v) is 6.99. The lowest BCUT2D eigenvalue weighted by molar-refractivity contribution is -0.141. The lowest BCUT2D eigenvalue weighted by atomic mass is 9.85. The van der Waals surface area contributed by atoms with Gasteiger partial charge in [-0.3, -0.25) is 9.59 Å². The minimum absolute atomic E-state index is 0.0571. The maximum atomic E-state index is 12.4. The average molecular weight is 252 g/mol. The molecule has 2 saturated heterocycles. The number of rotatable bonds is 2. The standard InChI is InChI=1S/C14H24N2O2/c1-14(2,3)12(17)11-7-5-9-16(11)13(18)10-6-4-8-15-10/h10-11,15H,4-9H2,1-3H3. The van der Waals surface area contributed by atoms with Gasteiger partial charge in [0.1, 0.15) is 0 Å². The Kier molecular flexibility index (Phi) is 3.76. The van der Waals surface area contributed by atoms with Gasteiger partial charge in [0.15, 0.2) is 5.78 Å². The smallest absolute Gasteiger partial charge is 0.240 e. The second-order valence-electron chi connectivity index (χ2n) is 6.45. The third kappa shape index (κ3) is 2.58. The van der Waals surface area contributed by atoms with E-state index in [-0.39, 0.29) is 29.2 Å². The van der Waals surface area contributed by atoms with Crippen molar-refractivity contribution in [2.24, 2.45) is 5.41 Å². The van der Waals surface area contributed by atoms with Crippen LogP contribution in [0.2, 0.25) is 0 Å². The number of carbonyl (C=O) groups excluding carboxylic acids is 2. The number of Topliss-reactive ketones (excluding diaryl/α,β-unsaturated/α-hetero) is 1. The van der Waals surface area contributed by atoms with E-state index in [1.165, 1.54) is 0 Å². The molecule has 2 unspecified atom stereocenters. The van der Waals surface area contributed by atoms with Crippen LogP contribution < -0.4 is 5.32 Å². The number of hydrogen-bond acceptors (Lipinski definition) is 3. The zero-order chi connectivity index (χ0) is 13.3. The molecule has 0 aliphatic carbocycles. The largest absolute Gasteiger partial charge is 0.331 e. The van der Waals surface area contributed by atoms with Crippen LogP contribution in [0.1, 0.15) is 46.5 Å². The molecule has 4 heteroatoms. The van der Waals surface area contributed by atoms with E-state index in [0.717, 1.165) is 38.8 Å². The Balaban J connectivity index is 2.07. The molecule has 0 aromatic heterocycles. The Hall–Kier alpha value is -0.900. The zero-order valence-corrected chi connectivity index (χ0v) is 11.7. The predicted octanol–water partition coefficient (Wildman–Crippen LogP) is 1.34. The van der Waals surface area contributed by atoms with Gasteiger partial charge in [-0.15, -0.1) is 0 Å². The van der Waals surface area contributed by atoms with E-state index in [9.17, 15) is 9.59 Å². The minimum Gasteiger partial charge on any atom is -0.331 e. The fourth-order valence-corrected chi connectivity index (χ4v) is 2.90. The quantitative estimate of drug-likeness (QED) is 0.807. The Morgan fingerprint density at radius 1 is 1.17 bits per heavy atom. The van der Waals surface area contributed by atoms with Crippen molar-refractivity contribution in [1.29, 1.82) is 0 Å². The van der Waals surface area contributed by atoms with Gasteiger partial charge in [-0.25, -0.2) is 0 Å². The van der Waals surface area contributed by atoms with Crippen molar-refractivity contribution >= 4 is 11.7 Å². The van der Waals surface area contributed by atoms with Gasteiger partial charge >= 0.3 is 0 Å². The molecule has 2 atom stereocenters. The third-order valence-electron chi connectivity index (χ3n) is 3.94. The van der Waals surface area contributed by atoms with E-state index in [0.29, 0.717) is 0 Å². The van der Waals surface area contributed by atoms with Crippen LogP contribution in [0.25, 0.3) is 0 Å². The Morgan fingerprint density at radius 3 is 2.44 bits per heavy atom. The van der Waals surface area contributed by atoms with Crippen LogP contribution in [-0.4, -0.2) is 41.8 Å². The van der Waals surface area contributed by atoms with Crippen molar-refractivity contribution in [3.63, 3.8) is 0 Å². The summed E-state index contributed by atoms with van der Waals surface area (Å²) in [6.07, 6.45) is 3.74. The zero-order valence-electron chi connectivity index (χ0n) is 11.7. The number of ketones is 1. The number of likely N-dealkylation sites (tertiary alicyclic amines) is 1. The van der Waals surface area contributed by atoms with Gasteiger partial charge < -0.3 is 10.2 Å². The topological polar surface area (TPSA) is 49.4 Å². The maximum absolute atomic E-state index is 12.4. The Labute approximate surface area is 109 Å². The predicted molar refractivity (Wildman–Crippen MR) is 70.2 cm³/mol. The molecule has 2 aliphatic rings. The lowest BCUT2D eigenvalue weighted by Crippen LogP contribution is -2.50. The summed E-state index contributed by atoms with van der Waals surface area (Å²) in [5.74, 6) is 0.332. The fourth-order valence-electron chi connectivity index (χ4n) is 2.90. The van der Waals surface area contributed by atoms with Crippen molar-refractivity contribution in [2.45, 2.75) is 58.5 Å². The van der Waals surface area contributed by atoms with Crippen molar-refractivity contribution in [3.05, 3.63) is 0 Å². The van der Waals surface area contributed by atoms with Crippen molar-refractivity contribution in [2.75, 3.05) is 13.1 Å². The van der Waals surface area contributed by atoms with E-state index in [2.05, 4.69) is 5.32 Å². The normalized spacial score (nSPS) is 28.7. The maximum Gasteiger partial charge on any atom is 0.240 e. The van der Waals surface area contributed by atoms with E-state index < -0.39 is 0 Å². The van der Waals surface area contributed by atoms with E-state index in [1.54, 1.807) is 0 Å². The summed E-state index contributed by atoms with van der Waals surface area (Å²) in [6, 6.07) is -0.252. The van der Waals surface area contributed by atoms with Crippen molar-refractivity contribution < 1.29 is 9.59 Å². The monoisotopic (exact) mass is 252 g/mol. The first-order valence-electron chi connectivity index (χ1n) is 6.99. The summed E-state index contributed by atoms with van der Waals surface area (Å²) in [5, 5.41) is 3.23. The Bertz CT molecular complexity index is 340. The van der Waals surface area contributed by atoms with Gasteiger partial charge in [-0.05, 0) is 32.2 Å². The second kappa shape index (κ2) is 5.00. The molecule has 1 N–H and O–H groups in total. The molecule has 0 saturated carbocycles. The summed E-state index contributed by atoms with van der Waals surface area (Å²) >= 11 is 0. The molecule has 1 amide bonds. The highest BCUT2D eigenvalue weighted by atomic mass is 16.2. The van der Waals surface area contributed by atoms with E-state index in [4.69, 9.17) is 0 Å². The highest BCUT2D eigenvalue weighted by Gasteiger charge is 2.40.